The molecule has 0 radical (unpaired) electrons. The Bertz CT molecular complexity index is 700. The molecule has 0 aliphatic heterocycles. The first-order valence-corrected chi connectivity index (χ1v) is 6.99. The van der Waals surface area contributed by atoms with Crippen LogP contribution in [-0.4, -0.2) is 23.1 Å². The van der Waals surface area contributed by atoms with Gasteiger partial charge in [-0.2, -0.15) is 0 Å². The summed E-state index contributed by atoms with van der Waals surface area (Å²) in [5, 5.41) is 4.45. The lowest BCUT2D eigenvalue weighted by atomic mass is 10.2. The summed E-state index contributed by atoms with van der Waals surface area (Å²) in [6.07, 6.45) is 5.44. The normalized spacial score (nSPS) is 10.7. The summed E-state index contributed by atoms with van der Waals surface area (Å²) in [6, 6.07) is 13.9. The lowest BCUT2D eigenvalue weighted by molar-refractivity contribution is 0.314. The average molecular weight is 279 g/mol. The van der Waals surface area contributed by atoms with Gasteiger partial charge in [0.2, 0.25) is 0 Å². The van der Waals surface area contributed by atoms with Gasteiger partial charge in [0.15, 0.2) is 0 Å². The number of fused-ring (bicyclic) bond motifs is 1. The van der Waals surface area contributed by atoms with Crippen LogP contribution in [0.5, 0.6) is 5.75 Å². The zero-order valence-electron chi connectivity index (χ0n) is 11.7. The third-order valence-corrected chi connectivity index (χ3v) is 3.18. The third-order valence-electron chi connectivity index (χ3n) is 3.18. The number of pyridine rings is 2. The van der Waals surface area contributed by atoms with Gasteiger partial charge in [-0.15, -0.1) is 0 Å². The van der Waals surface area contributed by atoms with Crippen LogP contribution in [0.15, 0.2) is 61.1 Å². The molecule has 3 rings (SSSR count). The lowest BCUT2D eigenvalue weighted by Crippen LogP contribution is -2.20. The molecule has 1 N–H and O–H groups in total. The second-order valence-electron chi connectivity index (χ2n) is 4.74. The van der Waals surface area contributed by atoms with Crippen molar-refractivity contribution in [3.05, 3.63) is 66.6 Å². The number of aromatic nitrogens is 2. The zero-order valence-corrected chi connectivity index (χ0v) is 11.7. The molecule has 0 amide bonds. The summed E-state index contributed by atoms with van der Waals surface area (Å²) in [5.74, 6) is 0.851. The fourth-order valence-corrected chi connectivity index (χ4v) is 2.11. The van der Waals surface area contributed by atoms with Gasteiger partial charge in [-0.05, 0) is 29.8 Å². The molecule has 2 aromatic heterocycles. The Morgan fingerprint density at radius 1 is 1.05 bits per heavy atom. The number of benzene rings is 1. The number of nitrogens with zero attached hydrogens (tertiary/aromatic N) is 2. The highest BCUT2D eigenvalue weighted by molar-refractivity contribution is 5.79. The molecule has 0 aliphatic rings. The third kappa shape index (κ3) is 3.77. The Labute approximate surface area is 123 Å². The van der Waals surface area contributed by atoms with Crippen molar-refractivity contribution in [1.29, 1.82) is 0 Å². The summed E-state index contributed by atoms with van der Waals surface area (Å²) < 4.78 is 5.73. The monoisotopic (exact) mass is 279 g/mol. The standard InChI is InChI=1S/C17H17N3O/c1-3-14(12-18-7-1)13-19-9-10-21-16-6-5-15-4-2-8-20-17(15)11-16/h1-8,11-12,19H,9-10,13H2. The molecule has 0 bridgehead atoms. The van der Waals surface area contributed by atoms with Gasteiger partial charge in [-0.1, -0.05) is 12.1 Å². The molecule has 0 atom stereocenters. The Morgan fingerprint density at radius 2 is 2.00 bits per heavy atom. The maximum Gasteiger partial charge on any atom is 0.121 e. The van der Waals surface area contributed by atoms with Gasteiger partial charge in [0.1, 0.15) is 12.4 Å². The first-order chi connectivity index (χ1) is 10.4. The predicted octanol–water partition coefficient (Wildman–Crippen LogP) is 2.80. The molecular formula is C17H17N3O. The summed E-state index contributed by atoms with van der Waals surface area (Å²) in [7, 11) is 0. The van der Waals surface area contributed by atoms with Crippen molar-refractivity contribution >= 4 is 10.9 Å². The van der Waals surface area contributed by atoms with E-state index >= 15 is 0 Å². The van der Waals surface area contributed by atoms with Crippen molar-refractivity contribution < 1.29 is 4.74 Å². The molecule has 0 spiro atoms. The molecule has 2 heterocycles. The van der Waals surface area contributed by atoms with Gasteiger partial charge >= 0.3 is 0 Å². The number of hydrogen-bond acceptors (Lipinski definition) is 4. The van der Waals surface area contributed by atoms with Gasteiger partial charge in [-0.25, -0.2) is 0 Å². The van der Waals surface area contributed by atoms with Crippen LogP contribution in [0.2, 0.25) is 0 Å². The first kappa shape index (κ1) is 13.5. The van der Waals surface area contributed by atoms with Crippen LogP contribution in [0.1, 0.15) is 5.56 Å². The predicted molar refractivity (Wildman–Crippen MR) is 83.2 cm³/mol. The Morgan fingerprint density at radius 3 is 2.90 bits per heavy atom. The molecule has 0 saturated heterocycles. The summed E-state index contributed by atoms with van der Waals surface area (Å²) >= 11 is 0. The maximum atomic E-state index is 5.73. The van der Waals surface area contributed by atoms with E-state index in [0.29, 0.717) is 6.61 Å². The maximum absolute atomic E-state index is 5.73. The van der Waals surface area contributed by atoms with E-state index in [4.69, 9.17) is 4.74 Å². The van der Waals surface area contributed by atoms with Gasteiger partial charge < -0.3 is 10.1 Å². The lowest BCUT2D eigenvalue weighted by Gasteiger charge is -2.08. The number of hydrogen-bond donors (Lipinski definition) is 1. The molecular weight excluding hydrogens is 262 g/mol. The number of ether oxygens (including phenoxy) is 1. The molecule has 0 fully saturated rings. The van der Waals surface area contributed by atoms with Crippen LogP contribution < -0.4 is 10.1 Å². The van der Waals surface area contributed by atoms with Crippen LogP contribution in [0.25, 0.3) is 10.9 Å². The first-order valence-electron chi connectivity index (χ1n) is 6.99. The van der Waals surface area contributed by atoms with E-state index in [9.17, 15) is 0 Å². The Kier molecular flexibility index (Phi) is 4.39. The molecule has 21 heavy (non-hydrogen) atoms. The average Bonchev–Trinajstić information content (AvgIpc) is 2.55. The van der Waals surface area contributed by atoms with Gasteiger partial charge in [0.05, 0.1) is 5.52 Å². The Balaban J connectivity index is 1.46. The van der Waals surface area contributed by atoms with Gasteiger partial charge in [0.25, 0.3) is 0 Å². The van der Waals surface area contributed by atoms with Crippen LogP contribution in [-0.2, 0) is 6.54 Å². The van der Waals surface area contributed by atoms with Crippen LogP contribution in [0.4, 0.5) is 0 Å². The van der Waals surface area contributed by atoms with E-state index < -0.39 is 0 Å². The molecule has 0 aliphatic carbocycles. The fraction of sp³-hybridized carbons (Fsp3) is 0.176. The molecule has 1 aromatic carbocycles. The highest BCUT2D eigenvalue weighted by Gasteiger charge is 1.98. The fourth-order valence-electron chi connectivity index (χ4n) is 2.11. The molecule has 4 nitrogen and oxygen atoms in total. The summed E-state index contributed by atoms with van der Waals surface area (Å²) in [4.78, 5) is 8.41. The largest absolute Gasteiger partial charge is 0.492 e. The minimum absolute atomic E-state index is 0.624. The highest BCUT2D eigenvalue weighted by Crippen LogP contribution is 2.18. The van der Waals surface area contributed by atoms with Crippen LogP contribution in [0.3, 0.4) is 0 Å². The second-order valence-corrected chi connectivity index (χ2v) is 4.74. The topological polar surface area (TPSA) is 47.0 Å². The zero-order chi connectivity index (χ0) is 14.3. The van der Waals surface area contributed by atoms with Crippen molar-refractivity contribution in [2.24, 2.45) is 0 Å². The van der Waals surface area contributed by atoms with Gasteiger partial charge in [0, 0.05) is 43.1 Å². The van der Waals surface area contributed by atoms with E-state index in [1.807, 2.05) is 42.6 Å². The van der Waals surface area contributed by atoms with E-state index in [1.165, 1.54) is 5.56 Å². The van der Waals surface area contributed by atoms with Crippen molar-refractivity contribution in [2.45, 2.75) is 6.54 Å². The van der Waals surface area contributed by atoms with E-state index in [2.05, 4.69) is 21.4 Å². The SMILES string of the molecule is c1cncc(CNCCOc2ccc3cccnc3c2)c1. The highest BCUT2D eigenvalue weighted by atomic mass is 16.5. The number of rotatable bonds is 6. The minimum Gasteiger partial charge on any atom is -0.492 e. The van der Waals surface area contributed by atoms with E-state index in [0.717, 1.165) is 29.7 Å². The van der Waals surface area contributed by atoms with Crippen molar-refractivity contribution in [2.75, 3.05) is 13.2 Å². The van der Waals surface area contributed by atoms with Crippen molar-refractivity contribution in [3.63, 3.8) is 0 Å². The number of nitrogens with one attached hydrogen (secondary N) is 1. The summed E-state index contributed by atoms with van der Waals surface area (Å²) in [6.45, 7) is 2.21. The quantitative estimate of drug-likeness (QED) is 0.705. The van der Waals surface area contributed by atoms with Crippen molar-refractivity contribution in [1.82, 2.24) is 15.3 Å². The molecule has 4 heteroatoms. The second kappa shape index (κ2) is 6.81. The van der Waals surface area contributed by atoms with Crippen molar-refractivity contribution in [3.8, 4) is 5.75 Å². The molecule has 0 unspecified atom stereocenters. The minimum atomic E-state index is 0.624. The molecule has 3 aromatic rings. The molecule has 0 saturated carbocycles. The van der Waals surface area contributed by atoms with E-state index in [1.54, 1.807) is 12.4 Å². The molecule has 106 valence electrons. The van der Waals surface area contributed by atoms with Crippen LogP contribution in [0, 0.1) is 0 Å². The van der Waals surface area contributed by atoms with E-state index in [-0.39, 0.29) is 0 Å². The Hall–Kier alpha value is -2.46. The smallest absolute Gasteiger partial charge is 0.121 e. The van der Waals surface area contributed by atoms with Crippen LogP contribution >= 0.6 is 0 Å². The van der Waals surface area contributed by atoms with Gasteiger partial charge in [-0.3, -0.25) is 9.97 Å². The summed E-state index contributed by atoms with van der Waals surface area (Å²) in [5.41, 5.74) is 2.13.